The molecule has 1 aliphatic rings. The summed E-state index contributed by atoms with van der Waals surface area (Å²) in [6, 6.07) is 1.67. The summed E-state index contributed by atoms with van der Waals surface area (Å²) in [6.45, 7) is 4.61. The number of carboxylic acids is 1. The molecule has 0 spiro atoms. The number of aromatic carboxylic acids is 1. The summed E-state index contributed by atoms with van der Waals surface area (Å²) in [6.07, 6.45) is 4.50. The van der Waals surface area contributed by atoms with E-state index in [2.05, 4.69) is 6.92 Å². The van der Waals surface area contributed by atoms with Crippen molar-refractivity contribution in [3.63, 3.8) is 0 Å². The number of aryl methyl sites for hydroxylation is 1. The summed E-state index contributed by atoms with van der Waals surface area (Å²) < 4.78 is 5.45. The zero-order valence-electron chi connectivity index (χ0n) is 12.0. The minimum atomic E-state index is -1.05. The van der Waals surface area contributed by atoms with Crippen LogP contribution in [0.5, 0.6) is 0 Å². The lowest BCUT2D eigenvalue weighted by Gasteiger charge is -2.20. The molecule has 0 bridgehead atoms. The smallest absolute Gasteiger partial charge is 0.339 e. The van der Waals surface area contributed by atoms with Crippen molar-refractivity contribution in [2.24, 2.45) is 0 Å². The van der Waals surface area contributed by atoms with E-state index in [9.17, 15) is 9.59 Å². The Morgan fingerprint density at radius 1 is 1.40 bits per heavy atom. The van der Waals surface area contributed by atoms with E-state index in [1.807, 2.05) is 11.8 Å². The van der Waals surface area contributed by atoms with Gasteiger partial charge in [-0.15, -0.1) is 0 Å². The summed E-state index contributed by atoms with van der Waals surface area (Å²) in [5.74, 6) is -0.700. The highest BCUT2D eigenvalue weighted by Crippen LogP contribution is 2.29. The van der Waals surface area contributed by atoms with Gasteiger partial charge in [0, 0.05) is 25.1 Å². The Hall–Kier alpha value is -1.78. The predicted octanol–water partition coefficient (Wildman–Crippen LogP) is 2.94. The van der Waals surface area contributed by atoms with Crippen molar-refractivity contribution in [3.05, 3.63) is 23.2 Å². The van der Waals surface area contributed by atoms with Crippen LogP contribution in [0.1, 0.15) is 66.2 Å². The molecular weight excluding hydrogens is 258 g/mol. The minimum Gasteiger partial charge on any atom is -0.478 e. The normalized spacial score (nSPS) is 14.3. The van der Waals surface area contributed by atoms with Crippen LogP contribution in [0.2, 0.25) is 0 Å². The van der Waals surface area contributed by atoms with Crippen LogP contribution < -0.4 is 0 Å². The van der Waals surface area contributed by atoms with Crippen molar-refractivity contribution in [2.75, 3.05) is 6.54 Å². The third kappa shape index (κ3) is 3.03. The molecule has 1 heterocycles. The van der Waals surface area contributed by atoms with E-state index in [-0.39, 0.29) is 17.2 Å². The molecule has 1 fully saturated rings. The quantitative estimate of drug-likeness (QED) is 0.833. The van der Waals surface area contributed by atoms with Gasteiger partial charge in [0.2, 0.25) is 0 Å². The van der Waals surface area contributed by atoms with Crippen LogP contribution >= 0.6 is 0 Å². The van der Waals surface area contributed by atoms with E-state index in [1.54, 1.807) is 0 Å². The average Bonchev–Trinajstić information content (AvgIpc) is 3.16. The van der Waals surface area contributed by atoms with Crippen LogP contribution in [-0.4, -0.2) is 34.5 Å². The van der Waals surface area contributed by atoms with Crippen LogP contribution in [0.15, 0.2) is 10.5 Å². The Morgan fingerprint density at radius 3 is 2.55 bits per heavy atom. The van der Waals surface area contributed by atoms with Gasteiger partial charge in [-0.3, -0.25) is 4.79 Å². The molecule has 1 N–H and O–H groups in total. The molecule has 0 aliphatic heterocycles. The third-order valence-corrected chi connectivity index (χ3v) is 3.57. The second kappa shape index (κ2) is 6.11. The van der Waals surface area contributed by atoms with Gasteiger partial charge < -0.3 is 14.4 Å². The number of nitrogens with zero attached hydrogens (tertiary/aromatic N) is 1. The van der Waals surface area contributed by atoms with Gasteiger partial charge in [-0.25, -0.2) is 4.79 Å². The summed E-state index contributed by atoms with van der Waals surface area (Å²) in [7, 11) is 0. The minimum absolute atomic E-state index is 0.0992. The van der Waals surface area contributed by atoms with Crippen LogP contribution in [0.4, 0.5) is 0 Å². The van der Waals surface area contributed by atoms with Crippen LogP contribution in [-0.2, 0) is 6.42 Å². The fourth-order valence-electron chi connectivity index (χ4n) is 2.28. The Balaban J connectivity index is 2.20. The molecule has 0 atom stereocenters. The van der Waals surface area contributed by atoms with Crippen molar-refractivity contribution >= 4 is 11.9 Å². The monoisotopic (exact) mass is 279 g/mol. The van der Waals surface area contributed by atoms with Crippen molar-refractivity contribution in [2.45, 2.75) is 52.0 Å². The number of rotatable bonds is 7. The molecule has 0 radical (unpaired) electrons. The van der Waals surface area contributed by atoms with Gasteiger partial charge in [-0.1, -0.05) is 20.3 Å². The Morgan fingerprint density at radius 2 is 2.10 bits per heavy atom. The highest BCUT2D eigenvalue weighted by Gasteiger charge is 2.34. The maximum atomic E-state index is 12.5. The molecular formula is C15H21NO4. The van der Waals surface area contributed by atoms with Gasteiger partial charge in [0.15, 0.2) is 5.76 Å². The predicted molar refractivity (Wildman–Crippen MR) is 74.0 cm³/mol. The molecule has 0 aromatic carbocycles. The largest absolute Gasteiger partial charge is 0.478 e. The van der Waals surface area contributed by atoms with Crippen molar-refractivity contribution in [1.82, 2.24) is 4.90 Å². The van der Waals surface area contributed by atoms with Gasteiger partial charge in [0.1, 0.15) is 11.3 Å². The summed E-state index contributed by atoms with van der Waals surface area (Å²) >= 11 is 0. The molecule has 5 nitrogen and oxygen atoms in total. The number of carboxylic acid groups (broad SMARTS) is 1. The van der Waals surface area contributed by atoms with Gasteiger partial charge >= 0.3 is 5.97 Å². The maximum absolute atomic E-state index is 12.5. The highest BCUT2D eigenvalue weighted by molar-refractivity contribution is 5.96. The van der Waals surface area contributed by atoms with Crippen molar-refractivity contribution in [3.8, 4) is 0 Å². The molecule has 1 aromatic heterocycles. The number of amides is 1. The first-order valence-corrected chi connectivity index (χ1v) is 7.25. The zero-order chi connectivity index (χ0) is 14.7. The van der Waals surface area contributed by atoms with Crippen molar-refractivity contribution in [1.29, 1.82) is 0 Å². The molecule has 5 heteroatoms. The Labute approximate surface area is 118 Å². The number of furan rings is 1. The number of hydrogen-bond acceptors (Lipinski definition) is 3. The molecule has 0 unspecified atom stereocenters. The maximum Gasteiger partial charge on any atom is 0.339 e. The number of hydrogen-bond donors (Lipinski definition) is 1. The second-order valence-electron chi connectivity index (χ2n) is 5.19. The first-order valence-electron chi connectivity index (χ1n) is 7.25. The Kier molecular flexibility index (Phi) is 4.47. The van der Waals surface area contributed by atoms with E-state index in [4.69, 9.17) is 9.52 Å². The lowest BCUT2D eigenvalue weighted by atomic mass is 10.2. The van der Waals surface area contributed by atoms with E-state index < -0.39 is 5.97 Å². The summed E-state index contributed by atoms with van der Waals surface area (Å²) in [5, 5.41) is 9.11. The molecule has 1 aromatic rings. The molecule has 110 valence electrons. The SMILES string of the molecule is CCCCN(C(=O)c1cc(C(=O)O)c(CC)o1)C1CC1. The van der Waals surface area contributed by atoms with Crippen LogP contribution in [0.25, 0.3) is 0 Å². The van der Waals surface area contributed by atoms with Crippen molar-refractivity contribution < 1.29 is 19.1 Å². The van der Waals surface area contributed by atoms with Crippen LogP contribution in [0.3, 0.4) is 0 Å². The van der Waals surface area contributed by atoms with E-state index in [0.29, 0.717) is 24.8 Å². The van der Waals surface area contributed by atoms with Gasteiger partial charge in [0.25, 0.3) is 5.91 Å². The molecule has 20 heavy (non-hydrogen) atoms. The topological polar surface area (TPSA) is 70.8 Å². The van der Waals surface area contributed by atoms with Crippen LogP contribution in [0, 0.1) is 0 Å². The molecule has 2 rings (SSSR count). The van der Waals surface area contributed by atoms with E-state index in [0.717, 1.165) is 25.7 Å². The number of carbonyl (C=O) groups is 2. The second-order valence-corrected chi connectivity index (χ2v) is 5.19. The molecule has 1 aliphatic carbocycles. The third-order valence-electron chi connectivity index (χ3n) is 3.57. The zero-order valence-corrected chi connectivity index (χ0v) is 12.0. The summed E-state index contributed by atoms with van der Waals surface area (Å²) in [4.78, 5) is 25.4. The fraction of sp³-hybridized carbons (Fsp3) is 0.600. The van der Waals surface area contributed by atoms with E-state index >= 15 is 0 Å². The number of carbonyl (C=O) groups excluding carboxylic acids is 1. The highest BCUT2D eigenvalue weighted by atomic mass is 16.4. The number of unbranched alkanes of at least 4 members (excludes halogenated alkanes) is 1. The fourth-order valence-corrected chi connectivity index (χ4v) is 2.28. The first kappa shape index (κ1) is 14.6. The molecule has 0 saturated heterocycles. The standard InChI is InChI=1S/C15H21NO4/c1-3-5-8-16(10-6-7-10)14(17)13-9-11(15(18)19)12(4-2)20-13/h9-10H,3-8H2,1-2H3,(H,18,19). The van der Waals surface area contributed by atoms with Gasteiger partial charge in [-0.05, 0) is 19.3 Å². The lowest BCUT2D eigenvalue weighted by Crippen LogP contribution is -2.33. The first-order chi connectivity index (χ1) is 9.58. The van der Waals surface area contributed by atoms with Gasteiger partial charge in [-0.2, -0.15) is 0 Å². The summed E-state index contributed by atoms with van der Waals surface area (Å²) in [5.41, 5.74) is 0.0992. The lowest BCUT2D eigenvalue weighted by molar-refractivity contribution is 0.0688. The average molecular weight is 279 g/mol. The van der Waals surface area contributed by atoms with Gasteiger partial charge in [0.05, 0.1) is 0 Å². The molecule has 1 saturated carbocycles. The van der Waals surface area contributed by atoms with E-state index in [1.165, 1.54) is 6.07 Å². The Bertz CT molecular complexity index is 502. The molecule has 1 amide bonds.